The molecule has 1 rings (SSSR count). The van der Waals surface area contributed by atoms with Gasteiger partial charge in [-0.3, -0.25) is 0 Å². The van der Waals surface area contributed by atoms with Gasteiger partial charge in [-0.1, -0.05) is 57.6 Å². The zero-order valence-electron chi connectivity index (χ0n) is 10.5. The van der Waals surface area contributed by atoms with Crippen molar-refractivity contribution in [2.24, 2.45) is 0 Å². The molecule has 2 N–H and O–H groups in total. The summed E-state index contributed by atoms with van der Waals surface area (Å²) in [6.07, 6.45) is 10.8. The summed E-state index contributed by atoms with van der Waals surface area (Å²) in [6, 6.07) is 8.27. The summed E-state index contributed by atoms with van der Waals surface area (Å²) in [5, 5.41) is 0. The van der Waals surface area contributed by atoms with Crippen LogP contribution in [0.25, 0.3) is 0 Å². The van der Waals surface area contributed by atoms with Crippen molar-refractivity contribution in [3.63, 3.8) is 0 Å². The Morgan fingerprint density at radius 2 is 1.62 bits per heavy atom. The molecule has 0 heterocycles. The van der Waals surface area contributed by atoms with Gasteiger partial charge < -0.3 is 5.73 Å². The third-order valence-corrected chi connectivity index (χ3v) is 3.02. The molecule has 1 nitrogen and oxygen atoms in total. The fourth-order valence-corrected chi connectivity index (χ4v) is 2.03. The molecule has 0 saturated heterocycles. The van der Waals surface area contributed by atoms with Crippen molar-refractivity contribution in [3.05, 3.63) is 29.8 Å². The highest BCUT2D eigenvalue weighted by Crippen LogP contribution is 2.12. The summed E-state index contributed by atoms with van der Waals surface area (Å²) in [5.41, 5.74) is 8.02. The van der Waals surface area contributed by atoms with E-state index in [9.17, 15) is 0 Å². The quantitative estimate of drug-likeness (QED) is 0.503. The zero-order valence-corrected chi connectivity index (χ0v) is 10.5. The Bertz CT molecular complexity index is 281. The van der Waals surface area contributed by atoms with Gasteiger partial charge >= 0.3 is 0 Å². The molecule has 0 aliphatic carbocycles. The third kappa shape index (κ3) is 5.79. The van der Waals surface area contributed by atoms with Crippen LogP contribution < -0.4 is 5.73 Å². The van der Waals surface area contributed by atoms with Gasteiger partial charge in [0.1, 0.15) is 0 Å². The summed E-state index contributed by atoms with van der Waals surface area (Å²) in [6.45, 7) is 2.26. The summed E-state index contributed by atoms with van der Waals surface area (Å²) < 4.78 is 0. The number of anilines is 1. The molecule has 0 saturated carbocycles. The summed E-state index contributed by atoms with van der Waals surface area (Å²) >= 11 is 0. The molecule has 0 aromatic heterocycles. The molecule has 0 aliphatic rings. The van der Waals surface area contributed by atoms with Crippen LogP contribution in [0.1, 0.15) is 57.4 Å². The summed E-state index contributed by atoms with van der Waals surface area (Å²) in [5.74, 6) is 0. The van der Waals surface area contributed by atoms with E-state index in [0.29, 0.717) is 0 Å². The van der Waals surface area contributed by atoms with Gasteiger partial charge in [-0.15, -0.1) is 0 Å². The van der Waals surface area contributed by atoms with Gasteiger partial charge in [-0.25, -0.2) is 0 Å². The molecule has 1 aromatic rings. The summed E-state index contributed by atoms with van der Waals surface area (Å²) in [7, 11) is 0. The second kappa shape index (κ2) is 8.20. The first-order chi connectivity index (χ1) is 7.83. The Balaban J connectivity index is 2.03. The van der Waals surface area contributed by atoms with E-state index >= 15 is 0 Å². The number of hydrogen-bond acceptors (Lipinski definition) is 1. The van der Waals surface area contributed by atoms with Crippen LogP contribution in [0.2, 0.25) is 0 Å². The zero-order chi connectivity index (χ0) is 11.6. The lowest BCUT2D eigenvalue weighted by Gasteiger charge is -2.03. The van der Waals surface area contributed by atoms with Crippen LogP contribution in [-0.4, -0.2) is 0 Å². The number of aryl methyl sites for hydroxylation is 1. The smallest absolute Gasteiger partial charge is 0.0316 e. The molecule has 0 atom stereocenters. The van der Waals surface area contributed by atoms with Gasteiger partial charge in [0.25, 0.3) is 0 Å². The van der Waals surface area contributed by atoms with E-state index in [-0.39, 0.29) is 0 Å². The topological polar surface area (TPSA) is 26.0 Å². The van der Waals surface area contributed by atoms with E-state index in [4.69, 9.17) is 5.73 Å². The van der Waals surface area contributed by atoms with Crippen LogP contribution in [0.15, 0.2) is 24.3 Å². The van der Waals surface area contributed by atoms with E-state index in [1.165, 1.54) is 56.9 Å². The van der Waals surface area contributed by atoms with Crippen LogP contribution in [0.4, 0.5) is 5.69 Å². The maximum atomic E-state index is 5.74. The fourth-order valence-electron chi connectivity index (χ4n) is 2.03. The van der Waals surface area contributed by atoms with E-state index in [1.54, 1.807) is 0 Å². The molecule has 0 fully saturated rings. The average Bonchev–Trinajstić information content (AvgIpc) is 2.28. The van der Waals surface area contributed by atoms with Crippen LogP contribution in [-0.2, 0) is 6.42 Å². The van der Waals surface area contributed by atoms with Crippen LogP contribution in [0.3, 0.4) is 0 Å². The van der Waals surface area contributed by atoms with Crippen molar-refractivity contribution in [3.8, 4) is 0 Å². The number of nitrogen functional groups attached to an aromatic ring is 1. The molecular weight excluding hydrogens is 194 g/mol. The average molecular weight is 219 g/mol. The molecule has 0 unspecified atom stereocenters. The maximum absolute atomic E-state index is 5.74. The Morgan fingerprint density at radius 3 is 2.31 bits per heavy atom. The molecule has 16 heavy (non-hydrogen) atoms. The monoisotopic (exact) mass is 219 g/mol. The van der Waals surface area contributed by atoms with E-state index in [0.717, 1.165) is 5.69 Å². The highest BCUT2D eigenvalue weighted by atomic mass is 14.5. The molecular formula is C15H25N. The minimum absolute atomic E-state index is 0.889. The van der Waals surface area contributed by atoms with Crippen molar-refractivity contribution >= 4 is 5.69 Å². The van der Waals surface area contributed by atoms with Gasteiger partial charge in [-0.2, -0.15) is 0 Å². The van der Waals surface area contributed by atoms with Gasteiger partial charge in [-0.05, 0) is 30.5 Å². The lowest BCUT2D eigenvalue weighted by Crippen LogP contribution is -1.89. The molecule has 0 aliphatic heterocycles. The normalized spacial score (nSPS) is 10.6. The van der Waals surface area contributed by atoms with Crippen molar-refractivity contribution in [1.82, 2.24) is 0 Å². The molecule has 1 heteroatoms. The lowest BCUT2D eigenvalue weighted by atomic mass is 10.0. The van der Waals surface area contributed by atoms with Crippen molar-refractivity contribution < 1.29 is 0 Å². The minimum atomic E-state index is 0.889. The Morgan fingerprint density at radius 1 is 0.938 bits per heavy atom. The molecule has 90 valence electrons. The third-order valence-electron chi connectivity index (χ3n) is 3.02. The number of hydrogen-bond donors (Lipinski definition) is 1. The van der Waals surface area contributed by atoms with Crippen LogP contribution in [0.5, 0.6) is 0 Å². The number of benzene rings is 1. The van der Waals surface area contributed by atoms with Gasteiger partial charge in [0.05, 0.1) is 0 Å². The second-order valence-electron chi connectivity index (χ2n) is 4.62. The Hall–Kier alpha value is -0.980. The van der Waals surface area contributed by atoms with Gasteiger partial charge in [0, 0.05) is 5.69 Å². The Kier molecular flexibility index (Phi) is 6.71. The first-order valence-electron chi connectivity index (χ1n) is 6.67. The molecule has 1 aromatic carbocycles. The SMILES string of the molecule is CCCCCCCCCc1cccc(N)c1. The van der Waals surface area contributed by atoms with Crippen molar-refractivity contribution in [2.75, 3.05) is 5.73 Å². The largest absolute Gasteiger partial charge is 0.399 e. The van der Waals surface area contributed by atoms with E-state index in [1.807, 2.05) is 12.1 Å². The second-order valence-corrected chi connectivity index (χ2v) is 4.62. The van der Waals surface area contributed by atoms with Crippen LogP contribution >= 0.6 is 0 Å². The predicted molar refractivity (Wildman–Crippen MR) is 72.6 cm³/mol. The van der Waals surface area contributed by atoms with Gasteiger partial charge in [0.15, 0.2) is 0 Å². The van der Waals surface area contributed by atoms with Crippen molar-refractivity contribution in [2.45, 2.75) is 58.3 Å². The van der Waals surface area contributed by atoms with E-state index < -0.39 is 0 Å². The maximum Gasteiger partial charge on any atom is 0.0316 e. The molecule has 0 bridgehead atoms. The number of rotatable bonds is 8. The van der Waals surface area contributed by atoms with Crippen LogP contribution in [0, 0.1) is 0 Å². The first kappa shape index (κ1) is 13.1. The lowest BCUT2D eigenvalue weighted by molar-refractivity contribution is 0.589. The number of unbranched alkanes of at least 4 members (excludes halogenated alkanes) is 6. The van der Waals surface area contributed by atoms with Crippen molar-refractivity contribution in [1.29, 1.82) is 0 Å². The molecule has 0 amide bonds. The molecule has 0 radical (unpaired) electrons. The highest BCUT2D eigenvalue weighted by Gasteiger charge is 1.94. The van der Waals surface area contributed by atoms with E-state index in [2.05, 4.69) is 19.1 Å². The minimum Gasteiger partial charge on any atom is -0.399 e. The molecule has 0 spiro atoms. The first-order valence-corrected chi connectivity index (χ1v) is 6.67. The summed E-state index contributed by atoms with van der Waals surface area (Å²) in [4.78, 5) is 0. The standard InChI is InChI=1S/C15H25N/c1-2-3-4-5-6-7-8-10-14-11-9-12-15(16)13-14/h9,11-13H,2-8,10,16H2,1H3. The van der Waals surface area contributed by atoms with Gasteiger partial charge in [0.2, 0.25) is 0 Å². The predicted octanol–water partition coefficient (Wildman–Crippen LogP) is 4.56. The Labute approximate surface area is 100 Å². The number of nitrogens with two attached hydrogens (primary N) is 1. The fraction of sp³-hybridized carbons (Fsp3) is 0.600. The highest BCUT2D eigenvalue weighted by molar-refractivity contribution is 5.40.